The van der Waals surface area contributed by atoms with E-state index in [9.17, 15) is 9.59 Å². The first-order valence-electron chi connectivity index (χ1n) is 13.8. The summed E-state index contributed by atoms with van der Waals surface area (Å²) in [6, 6.07) is 2.45. The summed E-state index contributed by atoms with van der Waals surface area (Å²) in [5, 5.41) is 0. The first-order valence-corrected chi connectivity index (χ1v) is 13.8. The van der Waals surface area contributed by atoms with E-state index in [2.05, 4.69) is 24.0 Å². The number of hydrogen-bond acceptors (Lipinski definition) is 5. The minimum atomic E-state index is -0.957. The number of benzene rings is 1. The molecule has 1 aromatic carbocycles. The number of ether oxygens (including phenoxy) is 2. The number of carbonyl (C=O) groups is 1. The van der Waals surface area contributed by atoms with E-state index in [0.29, 0.717) is 40.6 Å². The first kappa shape index (κ1) is 25.4. The van der Waals surface area contributed by atoms with Gasteiger partial charge in [-0.25, -0.2) is 4.39 Å². The second-order valence-electron chi connectivity index (χ2n) is 12.4. The molecule has 2 aliphatic heterocycles. The van der Waals surface area contributed by atoms with Gasteiger partial charge in [-0.15, -0.1) is 0 Å². The molecule has 38 heavy (non-hydrogen) atoms. The molecule has 3 heterocycles. The number of nitrogens with zero attached hydrogens (tertiary/aromatic N) is 2. The highest BCUT2D eigenvalue weighted by Crippen LogP contribution is 2.59. The Labute approximate surface area is 223 Å². The summed E-state index contributed by atoms with van der Waals surface area (Å²) in [6.45, 7) is 8.09. The van der Waals surface area contributed by atoms with Crippen molar-refractivity contribution in [1.29, 1.82) is 0 Å². The number of nitrogens with one attached hydrogen (secondary N) is 1. The number of H-pyrrole nitrogens is 1. The SMILES string of the molecule is Cc1cc(C)c(CN2CC3(CC3)c3c(F)c4c(c(C)c3C2=O)O[C@](C)(C2CCC(N(C)C)CC2)O4)c(=O)[nH]1. The van der Waals surface area contributed by atoms with Crippen LogP contribution in [0.4, 0.5) is 4.39 Å². The van der Waals surface area contributed by atoms with Gasteiger partial charge in [0.25, 0.3) is 17.3 Å². The van der Waals surface area contributed by atoms with Crippen LogP contribution in [0, 0.1) is 32.5 Å². The van der Waals surface area contributed by atoms with E-state index >= 15 is 4.39 Å². The maximum Gasteiger partial charge on any atom is 0.255 e. The second kappa shape index (κ2) is 8.57. The van der Waals surface area contributed by atoms with Crippen LogP contribution in [0.2, 0.25) is 0 Å². The molecule has 1 atom stereocenters. The number of halogens is 1. The van der Waals surface area contributed by atoms with Crippen LogP contribution < -0.4 is 15.0 Å². The summed E-state index contributed by atoms with van der Waals surface area (Å²) in [5.41, 5.74) is 3.09. The number of aromatic nitrogens is 1. The minimum Gasteiger partial charge on any atom is -0.448 e. The molecule has 2 saturated carbocycles. The van der Waals surface area contributed by atoms with Crippen molar-refractivity contribution in [3.63, 3.8) is 0 Å². The van der Waals surface area contributed by atoms with Crippen molar-refractivity contribution in [1.82, 2.24) is 14.8 Å². The van der Waals surface area contributed by atoms with Gasteiger partial charge in [-0.3, -0.25) is 9.59 Å². The van der Waals surface area contributed by atoms with Gasteiger partial charge in [0.2, 0.25) is 5.75 Å². The summed E-state index contributed by atoms with van der Waals surface area (Å²) in [4.78, 5) is 33.5. The largest absolute Gasteiger partial charge is 0.448 e. The molecule has 2 aromatic rings. The molecular formula is C30H38FN3O4. The Balaban J connectivity index is 1.35. The van der Waals surface area contributed by atoms with Crippen LogP contribution in [0.25, 0.3) is 0 Å². The van der Waals surface area contributed by atoms with Crippen LogP contribution in [0.3, 0.4) is 0 Å². The smallest absolute Gasteiger partial charge is 0.255 e. The molecule has 8 heteroatoms. The van der Waals surface area contributed by atoms with Gasteiger partial charge in [0.15, 0.2) is 11.6 Å². The summed E-state index contributed by atoms with van der Waals surface area (Å²) >= 11 is 0. The zero-order valence-electron chi connectivity index (χ0n) is 23.3. The normalized spacial score (nSPS) is 27.3. The van der Waals surface area contributed by atoms with Crippen LogP contribution in [0.15, 0.2) is 10.9 Å². The molecule has 7 nitrogen and oxygen atoms in total. The van der Waals surface area contributed by atoms with Crippen LogP contribution in [-0.4, -0.2) is 53.2 Å². The number of rotatable bonds is 4. The summed E-state index contributed by atoms with van der Waals surface area (Å²) in [7, 11) is 4.22. The highest BCUT2D eigenvalue weighted by atomic mass is 19.1. The van der Waals surface area contributed by atoms with Crippen molar-refractivity contribution < 1.29 is 18.7 Å². The van der Waals surface area contributed by atoms with E-state index in [4.69, 9.17) is 9.47 Å². The number of aromatic amines is 1. The molecule has 1 spiro atoms. The lowest BCUT2D eigenvalue weighted by Crippen LogP contribution is -2.46. The third-order valence-electron chi connectivity index (χ3n) is 9.59. The third-order valence-corrected chi connectivity index (χ3v) is 9.59. The standard InChI is InChI=1S/C30H38FN3O4/c1-16-13-17(2)32-27(35)21(16)14-34-15-30(11-12-30)23-22(28(34)36)18(3)25-26(24(23)31)38-29(4,37-25)19-7-9-20(10-8-19)33(5)6/h13,19-20H,7-12,14-15H2,1-6H3,(H,32,35)/t19?,20?,29-/m0/s1. The number of carbonyl (C=O) groups excluding carboxylic acids is 1. The van der Waals surface area contributed by atoms with E-state index in [1.807, 2.05) is 33.8 Å². The Morgan fingerprint density at radius 2 is 1.74 bits per heavy atom. The van der Waals surface area contributed by atoms with Gasteiger partial charge in [0, 0.05) is 53.2 Å². The first-order chi connectivity index (χ1) is 17.9. The highest BCUT2D eigenvalue weighted by molar-refractivity contribution is 6.00. The lowest BCUT2D eigenvalue weighted by molar-refractivity contribution is -0.124. The third kappa shape index (κ3) is 3.78. The van der Waals surface area contributed by atoms with Gasteiger partial charge in [0.1, 0.15) is 0 Å². The van der Waals surface area contributed by atoms with Gasteiger partial charge < -0.3 is 24.3 Å². The Kier molecular flexibility index (Phi) is 5.73. The van der Waals surface area contributed by atoms with Crippen molar-refractivity contribution in [3.8, 4) is 11.5 Å². The summed E-state index contributed by atoms with van der Waals surface area (Å²) in [5.74, 6) is -0.993. The highest BCUT2D eigenvalue weighted by Gasteiger charge is 2.57. The Bertz CT molecular complexity index is 1390. The van der Waals surface area contributed by atoms with Gasteiger partial charge in [-0.2, -0.15) is 0 Å². The van der Waals surface area contributed by atoms with Crippen LogP contribution >= 0.6 is 0 Å². The average molecular weight is 524 g/mol. The fraction of sp³-hybridized carbons (Fsp3) is 0.600. The molecule has 1 aromatic heterocycles. The number of fused-ring (bicyclic) bond motifs is 3. The van der Waals surface area contributed by atoms with Crippen molar-refractivity contribution in [2.24, 2.45) is 5.92 Å². The number of amides is 1. The molecule has 2 aliphatic carbocycles. The van der Waals surface area contributed by atoms with E-state index in [-0.39, 0.29) is 29.7 Å². The molecule has 0 radical (unpaired) electrons. The zero-order valence-corrected chi connectivity index (χ0v) is 23.3. The van der Waals surface area contributed by atoms with E-state index in [0.717, 1.165) is 49.8 Å². The predicted molar refractivity (Wildman–Crippen MR) is 142 cm³/mol. The minimum absolute atomic E-state index is 0.139. The number of hydrogen-bond donors (Lipinski definition) is 1. The summed E-state index contributed by atoms with van der Waals surface area (Å²) < 4.78 is 29.1. The van der Waals surface area contributed by atoms with Crippen molar-refractivity contribution in [2.45, 2.75) is 90.0 Å². The zero-order chi connectivity index (χ0) is 27.1. The molecular weight excluding hydrogens is 485 g/mol. The lowest BCUT2D eigenvalue weighted by atomic mass is 9.81. The molecule has 0 unspecified atom stereocenters. The van der Waals surface area contributed by atoms with Crippen molar-refractivity contribution in [2.75, 3.05) is 20.6 Å². The van der Waals surface area contributed by atoms with Gasteiger partial charge >= 0.3 is 0 Å². The molecule has 1 N–H and O–H groups in total. The fourth-order valence-electron chi connectivity index (χ4n) is 7.11. The van der Waals surface area contributed by atoms with Gasteiger partial charge in [-0.1, -0.05) is 0 Å². The predicted octanol–water partition coefficient (Wildman–Crippen LogP) is 4.73. The fourth-order valence-corrected chi connectivity index (χ4v) is 7.11. The molecule has 0 bridgehead atoms. The van der Waals surface area contributed by atoms with Crippen LogP contribution in [0.1, 0.15) is 83.8 Å². The topological polar surface area (TPSA) is 74.9 Å². The molecule has 4 aliphatic rings. The Hall–Kier alpha value is -2.87. The van der Waals surface area contributed by atoms with Crippen LogP contribution in [0.5, 0.6) is 11.5 Å². The van der Waals surface area contributed by atoms with Gasteiger partial charge in [-0.05, 0) is 85.0 Å². The van der Waals surface area contributed by atoms with E-state index in [1.165, 1.54) is 0 Å². The summed E-state index contributed by atoms with van der Waals surface area (Å²) in [6.07, 6.45) is 5.57. The van der Waals surface area contributed by atoms with E-state index in [1.54, 1.807) is 4.90 Å². The van der Waals surface area contributed by atoms with Gasteiger partial charge in [0.05, 0.1) is 12.1 Å². The Morgan fingerprint density at radius 3 is 2.34 bits per heavy atom. The Morgan fingerprint density at radius 1 is 1.08 bits per heavy atom. The molecule has 6 rings (SSSR count). The van der Waals surface area contributed by atoms with Crippen molar-refractivity contribution in [3.05, 3.63) is 55.7 Å². The monoisotopic (exact) mass is 523 g/mol. The molecule has 204 valence electrons. The van der Waals surface area contributed by atoms with E-state index < -0.39 is 17.0 Å². The lowest BCUT2D eigenvalue weighted by Gasteiger charge is -2.39. The number of pyridine rings is 1. The second-order valence-corrected chi connectivity index (χ2v) is 12.4. The maximum atomic E-state index is 16.3. The quantitative estimate of drug-likeness (QED) is 0.627. The maximum absolute atomic E-state index is 16.3. The number of aryl methyl sites for hydroxylation is 2. The van der Waals surface area contributed by atoms with Crippen LogP contribution in [-0.2, 0) is 12.0 Å². The molecule has 2 fully saturated rings. The molecule has 1 amide bonds. The average Bonchev–Trinajstić information content (AvgIpc) is 3.53. The van der Waals surface area contributed by atoms with Crippen molar-refractivity contribution >= 4 is 5.91 Å². The molecule has 0 saturated heterocycles.